The smallest absolute Gasteiger partial charge is 0.201 e. The molecule has 1 aromatic heterocycles. The number of fused-ring (bicyclic) bond motifs is 4. The van der Waals surface area contributed by atoms with Crippen LogP contribution in [0.3, 0.4) is 0 Å². The third-order valence-electron chi connectivity index (χ3n) is 6.80. The molecule has 2 aliphatic rings. The Morgan fingerprint density at radius 2 is 1.69 bits per heavy atom. The first-order valence-electron chi connectivity index (χ1n) is 12.0. The van der Waals surface area contributed by atoms with Gasteiger partial charge in [-0.25, -0.2) is 4.99 Å². The number of rotatable bonds is 3. The maximum Gasteiger partial charge on any atom is 0.201 e. The molecule has 0 fully saturated rings. The predicted octanol–water partition coefficient (Wildman–Crippen LogP) is 7.02. The second-order valence-corrected chi connectivity index (χ2v) is 9.53. The first-order valence-corrected chi connectivity index (χ1v) is 12.4. The maximum absolute atomic E-state index is 6.58. The van der Waals surface area contributed by atoms with Gasteiger partial charge in [0.25, 0.3) is 0 Å². The van der Waals surface area contributed by atoms with E-state index in [1.54, 1.807) is 0 Å². The Morgan fingerprint density at radius 1 is 0.861 bits per heavy atom. The minimum Gasteiger partial charge on any atom is -0.440 e. The van der Waals surface area contributed by atoms with Gasteiger partial charge in [0.1, 0.15) is 23.8 Å². The van der Waals surface area contributed by atoms with Gasteiger partial charge in [-0.2, -0.15) is 0 Å². The van der Waals surface area contributed by atoms with E-state index in [-0.39, 0.29) is 12.3 Å². The van der Waals surface area contributed by atoms with E-state index in [2.05, 4.69) is 82.7 Å². The van der Waals surface area contributed by atoms with E-state index in [0.717, 1.165) is 51.5 Å². The Balaban J connectivity index is 1.39. The number of anilines is 1. The fourth-order valence-electron chi connectivity index (χ4n) is 5.08. The number of aliphatic imine (C=N–C) groups is 1. The zero-order valence-corrected chi connectivity index (χ0v) is 20.1. The molecule has 3 heterocycles. The van der Waals surface area contributed by atoms with Crippen LogP contribution in [0.2, 0.25) is 5.02 Å². The highest BCUT2D eigenvalue weighted by atomic mass is 35.5. The summed E-state index contributed by atoms with van der Waals surface area (Å²) < 4.78 is 6.13. The van der Waals surface area contributed by atoms with Crippen LogP contribution in [0.5, 0.6) is 0 Å². The average molecular weight is 491 g/mol. The summed E-state index contributed by atoms with van der Waals surface area (Å²) in [6.07, 6.45) is 3.81. The zero-order valence-electron chi connectivity index (χ0n) is 19.3. The molecule has 0 saturated heterocycles. The van der Waals surface area contributed by atoms with Crippen molar-refractivity contribution in [3.63, 3.8) is 0 Å². The molecule has 0 spiro atoms. The van der Waals surface area contributed by atoms with E-state index >= 15 is 0 Å². The SMILES string of the molecule is Clc1cc(C2=NC(c3ccccc3)NC(c3ccc4ccccc4c3)N2)c2c3c(oc2c1)NCC=C3. The quantitative estimate of drug-likeness (QED) is 0.254. The van der Waals surface area contributed by atoms with E-state index in [9.17, 15) is 0 Å². The molecule has 5 nitrogen and oxygen atoms in total. The van der Waals surface area contributed by atoms with E-state index in [4.69, 9.17) is 21.0 Å². The Morgan fingerprint density at radius 3 is 2.58 bits per heavy atom. The molecule has 7 rings (SSSR count). The number of hydrogen-bond acceptors (Lipinski definition) is 5. The Labute approximate surface area is 213 Å². The first kappa shape index (κ1) is 21.2. The number of nitrogens with one attached hydrogen (secondary N) is 3. The summed E-state index contributed by atoms with van der Waals surface area (Å²) in [6.45, 7) is 0.735. The second kappa shape index (κ2) is 8.55. The van der Waals surface area contributed by atoms with E-state index < -0.39 is 0 Å². The van der Waals surface area contributed by atoms with Crippen LogP contribution < -0.4 is 16.0 Å². The lowest BCUT2D eigenvalue weighted by atomic mass is 10.0. The van der Waals surface area contributed by atoms with Crippen LogP contribution in [0.1, 0.15) is 34.6 Å². The molecule has 2 unspecified atom stereocenters. The lowest BCUT2D eigenvalue weighted by Crippen LogP contribution is -2.45. The summed E-state index contributed by atoms with van der Waals surface area (Å²) in [5.74, 6) is 1.53. The van der Waals surface area contributed by atoms with Crippen molar-refractivity contribution < 1.29 is 4.42 Å². The van der Waals surface area contributed by atoms with Gasteiger partial charge < -0.3 is 15.1 Å². The minimum absolute atomic E-state index is 0.155. The van der Waals surface area contributed by atoms with Crippen molar-refractivity contribution in [1.29, 1.82) is 0 Å². The molecule has 176 valence electrons. The van der Waals surface area contributed by atoms with Crippen molar-refractivity contribution in [1.82, 2.24) is 10.6 Å². The van der Waals surface area contributed by atoms with E-state index in [1.165, 1.54) is 10.8 Å². The standard InChI is InChI=1S/C30H23ClN4O/c31-22-16-24(26-23-11-6-14-32-30(23)36-25(26)17-22)29-34-27(19-8-2-1-3-9-19)33-28(35-29)21-13-12-18-7-4-5-10-20(18)15-21/h1-13,15-17,27-28,32-33H,14H2,(H,34,35). The summed E-state index contributed by atoms with van der Waals surface area (Å²) in [4.78, 5) is 5.13. The number of hydrogen-bond donors (Lipinski definition) is 3. The van der Waals surface area contributed by atoms with Crippen LogP contribution in [0, 0.1) is 0 Å². The Kier molecular flexibility index (Phi) is 5.05. The molecular formula is C30H23ClN4O. The minimum atomic E-state index is -0.232. The molecule has 6 heteroatoms. The molecule has 0 saturated carbocycles. The number of benzene rings is 4. The highest BCUT2D eigenvalue weighted by molar-refractivity contribution is 6.32. The topological polar surface area (TPSA) is 61.6 Å². The Hall–Kier alpha value is -4.06. The number of halogens is 1. The van der Waals surface area contributed by atoms with Gasteiger partial charge in [0.2, 0.25) is 5.88 Å². The van der Waals surface area contributed by atoms with Crippen molar-refractivity contribution in [2.45, 2.75) is 12.3 Å². The molecule has 0 aliphatic carbocycles. The molecule has 0 radical (unpaired) electrons. The summed E-state index contributed by atoms with van der Waals surface area (Å²) in [7, 11) is 0. The van der Waals surface area contributed by atoms with Gasteiger partial charge in [0.15, 0.2) is 0 Å². The average Bonchev–Trinajstić information content (AvgIpc) is 3.30. The monoisotopic (exact) mass is 490 g/mol. The predicted molar refractivity (Wildman–Crippen MR) is 147 cm³/mol. The lowest BCUT2D eigenvalue weighted by Gasteiger charge is -2.32. The lowest BCUT2D eigenvalue weighted by molar-refractivity contribution is 0.409. The van der Waals surface area contributed by atoms with Crippen molar-refractivity contribution in [3.8, 4) is 0 Å². The van der Waals surface area contributed by atoms with Gasteiger partial charge in [-0.15, -0.1) is 0 Å². The number of furan rings is 1. The molecule has 0 amide bonds. The normalized spacial score (nSPS) is 19.0. The van der Waals surface area contributed by atoms with Gasteiger partial charge in [0, 0.05) is 34.1 Å². The molecular weight excluding hydrogens is 468 g/mol. The largest absolute Gasteiger partial charge is 0.440 e. The van der Waals surface area contributed by atoms with Crippen LogP contribution in [0.15, 0.2) is 100 Å². The summed E-state index contributed by atoms with van der Waals surface area (Å²) in [5.41, 5.74) is 4.91. The molecule has 2 atom stereocenters. The van der Waals surface area contributed by atoms with E-state index in [1.807, 2.05) is 30.3 Å². The van der Waals surface area contributed by atoms with Gasteiger partial charge in [0.05, 0.1) is 0 Å². The van der Waals surface area contributed by atoms with Crippen LogP contribution in [-0.2, 0) is 0 Å². The fourth-order valence-corrected chi connectivity index (χ4v) is 5.29. The molecule has 4 aromatic carbocycles. The summed E-state index contributed by atoms with van der Waals surface area (Å²) in [5, 5.41) is 14.7. The maximum atomic E-state index is 6.58. The van der Waals surface area contributed by atoms with Gasteiger partial charge in [-0.05, 0) is 34.0 Å². The number of nitrogens with zero attached hydrogens (tertiary/aromatic N) is 1. The molecule has 36 heavy (non-hydrogen) atoms. The van der Waals surface area contributed by atoms with E-state index in [0.29, 0.717) is 5.02 Å². The van der Waals surface area contributed by atoms with Crippen molar-refractivity contribution in [3.05, 3.63) is 118 Å². The molecule has 5 aromatic rings. The van der Waals surface area contributed by atoms with Crippen LogP contribution in [0.25, 0.3) is 27.8 Å². The molecule has 3 N–H and O–H groups in total. The van der Waals surface area contributed by atoms with Crippen molar-refractivity contribution in [2.24, 2.45) is 4.99 Å². The van der Waals surface area contributed by atoms with Crippen LogP contribution >= 0.6 is 11.6 Å². The van der Waals surface area contributed by atoms with Gasteiger partial charge in [-0.3, -0.25) is 5.32 Å². The van der Waals surface area contributed by atoms with Crippen LogP contribution in [-0.4, -0.2) is 12.4 Å². The zero-order chi connectivity index (χ0) is 24.1. The van der Waals surface area contributed by atoms with Crippen molar-refractivity contribution in [2.75, 3.05) is 11.9 Å². The van der Waals surface area contributed by atoms with Gasteiger partial charge >= 0.3 is 0 Å². The highest BCUT2D eigenvalue weighted by Gasteiger charge is 2.28. The molecule has 2 aliphatic heterocycles. The first-order chi connectivity index (χ1) is 17.7. The summed E-state index contributed by atoms with van der Waals surface area (Å²) in [6, 6.07) is 29.1. The summed E-state index contributed by atoms with van der Waals surface area (Å²) >= 11 is 6.58. The molecule has 0 bridgehead atoms. The van der Waals surface area contributed by atoms with Gasteiger partial charge in [-0.1, -0.05) is 90.5 Å². The highest BCUT2D eigenvalue weighted by Crippen LogP contribution is 2.38. The number of amidine groups is 1. The third kappa shape index (κ3) is 3.65. The second-order valence-electron chi connectivity index (χ2n) is 9.10. The third-order valence-corrected chi connectivity index (χ3v) is 7.02. The Bertz CT molecular complexity index is 1670. The fraction of sp³-hybridized carbons (Fsp3) is 0.100. The van der Waals surface area contributed by atoms with Crippen LogP contribution in [0.4, 0.5) is 5.88 Å². The van der Waals surface area contributed by atoms with Crippen molar-refractivity contribution >= 4 is 51.1 Å².